The summed E-state index contributed by atoms with van der Waals surface area (Å²) in [5.41, 5.74) is 0. The van der Waals surface area contributed by atoms with E-state index in [0.29, 0.717) is 9.52 Å². The van der Waals surface area contributed by atoms with E-state index in [-0.39, 0.29) is 0 Å². The van der Waals surface area contributed by atoms with Gasteiger partial charge in [0.05, 0.1) is 0 Å². The molecule has 0 N–H and O–H groups in total. The summed E-state index contributed by atoms with van der Waals surface area (Å²) in [5.74, 6) is 3.53. The summed E-state index contributed by atoms with van der Waals surface area (Å²) in [7, 11) is 0.365. The van der Waals surface area contributed by atoms with Crippen LogP contribution in [-0.4, -0.2) is 9.52 Å². The van der Waals surface area contributed by atoms with Crippen molar-refractivity contribution >= 4 is 9.52 Å². The van der Waals surface area contributed by atoms with E-state index in [0.717, 1.165) is 0 Å². The van der Waals surface area contributed by atoms with Crippen LogP contribution >= 0.6 is 0 Å². The molecule has 0 nitrogen and oxygen atoms in total. The monoisotopic (exact) mass is 168 g/mol. The molecule has 64 valence electrons. The highest BCUT2D eigenvalue weighted by molar-refractivity contribution is 6.33. The lowest BCUT2D eigenvalue weighted by molar-refractivity contribution is 0.324. The lowest BCUT2D eigenvalue weighted by atomic mass is 9.87. The van der Waals surface area contributed by atoms with Gasteiger partial charge in [0.2, 0.25) is 0 Å². The second-order valence-electron chi connectivity index (χ2n) is 4.58. The Labute approximate surface area is 72.6 Å². The summed E-state index contributed by atoms with van der Waals surface area (Å²) < 4.78 is 0. The van der Waals surface area contributed by atoms with Gasteiger partial charge in [-0.05, 0) is 37.0 Å². The lowest BCUT2D eigenvalue weighted by Crippen LogP contribution is -2.10. The highest BCUT2D eigenvalue weighted by Crippen LogP contribution is 2.49. The molecule has 0 radical (unpaired) electrons. The van der Waals surface area contributed by atoms with Crippen molar-refractivity contribution in [1.82, 2.24) is 0 Å². The molecule has 0 saturated heterocycles. The smallest absolute Gasteiger partial charge is 0.0166 e. The van der Waals surface area contributed by atoms with Crippen LogP contribution in [0.4, 0.5) is 0 Å². The first-order valence-electron chi connectivity index (χ1n) is 5.40. The van der Waals surface area contributed by atoms with Crippen molar-refractivity contribution in [2.24, 2.45) is 17.8 Å². The molecule has 0 aromatic heterocycles. The van der Waals surface area contributed by atoms with Crippen LogP contribution < -0.4 is 0 Å². The predicted molar refractivity (Wildman–Crippen MR) is 52.8 cm³/mol. The second kappa shape index (κ2) is 3.30. The number of fused-ring (bicyclic) bond motifs is 2. The minimum absolute atomic E-state index is 0.365. The number of hydrogen-bond acceptors (Lipinski definition) is 0. The molecule has 0 amide bonds. The molecule has 2 bridgehead atoms. The summed E-state index contributed by atoms with van der Waals surface area (Å²) in [5, 5.41) is 0. The molecule has 2 aliphatic rings. The molecular weight excluding hydrogens is 148 g/mol. The van der Waals surface area contributed by atoms with E-state index < -0.39 is 0 Å². The molecule has 1 heteroatoms. The van der Waals surface area contributed by atoms with Gasteiger partial charge in [-0.15, -0.1) is 0 Å². The Morgan fingerprint density at radius 1 is 1.27 bits per heavy atom. The Bertz CT molecular complexity index is 133. The average molecular weight is 168 g/mol. The topological polar surface area (TPSA) is 0 Å². The fourth-order valence-electron chi connectivity index (χ4n) is 3.20. The highest BCUT2D eigenvalue weighted by atomic mass is 28.2. The Balaban J connectivity index is 1.78. The molecule has 2 aliphatic carbocycles. The molecule has 11 heavy (non-hydrogen) atoms. The van der Waals surface area contributed by atoms with E-state index in [2.05, 4.69) is 6.55 Å². The van der Waals surface area contributed by atoms with Gasteiger partial charge in [-0.2, -0.15) is 0 Å². The SMILES string of the molecule is C[SiH2]CCC1CC2CCC1C2. The van der Waals surface area contributed by atoms with E-state index in [1.165, 1.54) is 17.8 Å². The molecule has 3 unspecified atom stereocenters. The third kappa shape index (κ3) is 1.53. The lowest BCUT2D eigenvalue weighted by Gasteiger charge is -2.20. The fraction of sp³-hybridized carbons (Fsp3) is 1.00. The largest absolute Gasteiger partial charge is 0.0748 e. The molecule has 0 aromatic rings. The molecule has 2 saturated carbocycles. The number of hydrogen-bond donors (Lipinski definition) is 0. The zero-order valence-corrected chi connectivity index (χ0v) is 9.10. The first-order valence-corrected chi connectivity index (χ1v) is 7.81. The highest BCUT2D eigenvalue weighted by Gasteiger charge is 2.38. The van der Waals surface area contributed by atoms with E-state index in [1.54, 1.807) is 38.1 Å². The van der Waals surface area contributed by atoms with Crippen molar-refractivity contribution in [3.05, 3.63) is 0 Å². The standard InChI is InChI=1S/C10H20Si/c1-11-5-4-10-7-8-2-3-9(10)6-8/h8-10H,2-7,11H2,1H3. The molecule has 2 rings (SSSR count). The van der Waals surface area contributed by atoms with Crippen LogP contribution in [0.3, 0.4) is 0 Å². The van der Waals surface area contributed by atoms with Gasteiger partial charge >= 0.3 is 0 Å². The molecule has 3 atom stereocenters. The second-order valence-corrected chi connectivity index (χ2v) is 6.28. The maximum absolute atomic E-state index is 2.45. The molecule has 0 spiro atoms. The average Bonchev–Trinajstić information content (AvgIpc) is 2.60. The summed E-state index contributed by atoms with van der Waals surface area (Å²) in [4.78, 5) is 0. The minimum Gasteiger partial charge on any atom is -0.0748 e. The van der Waals surface area contributed by atoms with Gasteiger partial charge in [0.1, 0.15) is 0 Å². The Morgan fingerprint density at radius 3 is 2.73 bits per heavy atom. The van der Waals surface area contributed by atoms with Crippen LogP contribution in [0.25, 0.3) is 0 Å². The van der Waals surface area contributed by atoms with Crippen LogP contribution in [0.1, 0.15) is 32.1 Å². The van der Waals surface area contributed by atoms with Crippen LogP contribution in [0.15, 0.2) is 0 Å². The molecule has 0 heterocycles. The third-order valence-corrected chi connectivity index (χ3v) is 4.93. The normalized spacial score (nSPS) is 42.8. The third-order valence-electron chi connectivity index (χ3n) is 3.81. The van der Waals surface area contributed by atoms with Crippen molar-refractivity contribution in [1.29, 1.82) is 0 Å². The maximum atomic E-state index is 2.45. The van der Waals surface area contributed by atoms with Gasteiger partial charge < -0.3 is 0 Å². The summed E-state index contributed by atoms with van der Waals surface area (Å²) in [6.45, 7) is 2.45. The maximum Gasteiger partial charge on any atom is 0.0166 e. The van der Waals surface area contributed by atoms with Gasteiger partial charge in [0.25, 0.3) is 0 Å². The van der Waals surface area contributed by atoms with Crippen LogP contribution in [0, 0.1) is 17.8 Å². The summed E-state index contributed by atoms with van der Waals surface area (Å²) >= 11 is 0. The predicted octanol–water partition coefficient (Wildman–Crippen LogP) is 2.45. The first-order chi connectivity index (χ1) is 5.40. The van der Waals surface area contributed by atoms with Gasteiger partial charge in [0, 0.05) is 9.52 Å². The first kappa shape index (κ1) is 7.84. The molecule has 0 aliphatic heterocycles. The molecular formula is C10H20Si. The van der Waals surface area contributed by atoms with E-state index in [4.69, 9.17) is 0 Å². The zero-order valence-electron chi connectivity index (χ0n) is 7.68. The van der Waals surface area contributed by atoms with Gasteiger partial charge in [-0.1, -0.05) is 25.4 Å². The minimum atomic E-state index is 0.365. The summed E-state index contributed by atoms with van der Waals surface area (Å²) in [6.07, 6.45) is 7.98. The fourth-order valence-corrected chi connectivity index (χ4v) is 4.13. The van der Waals surface area contributed by atoms with E-state index >= 15 is 0 Å². The quantitative estimate of drug-likeness (QED) is 0.568. The van der Waals surface area contributed by atoms with Crippen LogP contribution in [-0.2, 0) is 0 Å². The van der Waals surface area contributed by atoms with Crippen LogP contribution in [0.5, 0.6) is 0 Å². The Hall–Kier alpha value is 0.217. The van der Waals surface area contributed by atoms with Crippen molar-refractivity contribution in [3.63, 3.8) is 0 Å². The van der Waals surface area contributed by atoms with Crippen molar-refractivity contribution in [3.8, 4) is 0 Å². The molecule has 2 fully saturated rings. The van der Waals surface area contributed by atoms with Gasteiger partial charge in [-0.3, -0.25) is 0 Å². The summed E-state index contributed by atoms with van der Waals surface area (Å²) in [6, 6.07) is 1.62. The zero-order chi connectivity index (χ0) is 7.68. The van der Waals surface area contributed by atoms with E-state index in [1.807, 2.05) is 0 Å². The van der Waals surface area contributed by atoms with Gasteiger partial charge in [-0.25, -0.2) is 0 Å². The van der Waals surface area contributed by atoms with Crippen molar-refractivity contribution in [2.75, 3.05) is 0 Å². The molecule has 0 aromatic carbocycles. The van der Waals surface area contributed by atoms with Crippen molar-refractivity contribution in [2.45, 2.75) is 44.7 Å². The van der Waals surface area contributed by atoms with E-state index in [9.17, 15) is 0 Å². The Kier molecular flexibility index (Phi) is 2.35. The Morgan fingerprint density at radius 2 is 2.18 bits per heavy atom. The van der Waals surface area contributed by atoms with Crippen molar-refractivity contribution < 1.29 is 0 Å². The van der Waals surface area contributed by atoms with Crippen LogP contribution in [0.2, 0.25) is 12.6 Å². The number of rotatable bonds is 3. The van der Waals surface area contributed by atoms with Gasteiger partial charge in [0.15, 0.2) is 0 Å².